The van der Waals surface area contributed by atoms with Crippen LogP contribution in [0, 0.1) is 0 Å². The molecule has 0 bridgehead atoms. The second-order valence-corrected chi connectivity index (χ2v) is 5.79. The highest BCUT2D eigenvalue weighted by Crippen LogP contribution is 2.32. The van der Waals surface area contributed by atoms with Gasteiger partial charge in [-0.25, -0.2) is 0 Å². The molecule has 0 spiro atoms. The lowest BCUT2D eigenvalue weighted by Crippen LogP contribution is -2.19. The van der Waals surface area contributed by atoms with Crippen molar-refractivity contribution in [2.75, 3.05) is 5.32 Å². The van der Waals surface area contributed by atoms with Gasteiger partial charge in [0, 0.05) is 17.8 Å². The Morgan fingerprint density at radius 3 is 2.59 bits per heavy atom. The number of aromatic amines is 2. The first-order chi connectivity index (χ1) is 10.7. The normalized spacial score (nSPS) is 16.3. The van der Waals surface area contributed by atoms with E-state index in [2.05, 4.69) is 59.8 Å². The minimum absolute atomic E-state index is 0.0547. The zero-order valence-electron chi connectivity index (χ0n) is 12.3. The third kappa shape index (κ3) is 2.06. The van der Waals surface area contributed by atoms with Gasteiger partial charge in [0.15, 0.2) is 0 Å². The van der Waals surface area contributed by atoms with E-state index >= 15 is 0 Å². The highest BCUT2D eigenvalue weighted by Gasteiger charge is 2.26. The minimum atomic E-state index is -0.144. The number of rotatable bonds is 1. The van der Waals surface area contributed by atoms with Crippen LogP contribution in [0.4, 0.5) is 5.69 Å². The molecule has 0 amide bonds. The quantitative estimate of drug-likeness (QED) is 0.587. The molecule has 2 aromatic carbocycles. The molecule has 5 heteroatoms. The molecule has 108 valence electrons. The summed E-state index contributed by atoms with van der Waals surface area (Å²) in [6.07, 6.45) is 0.722. The SMILES string of the molecule is Bc1ccc(C2Nc3ccccc3Cc3[nH][nH]c(=O)c32)cc1. The van der Waals surface area contributed by atoms with Gasteiger partial charge in [-0.05, 0) is 17.2 Å². The molecule has 3 N–H and O–H groups in total. The Bertz CT molecular complexity index is 879. The Labute approximate surface area is 129 Å². The highest BCUT2D eigenvalue weighted by molar-refractivity contribution is 6.32. The number of H-pyrrole nitrogens is 2. The lowest BCUT2D eigenvalue weighted by molar-refractivity contribution is 0.925. The lowest BCUT2D eigenvalue weighted by atomic mass is 9.92. The molecule has 1 unspecified atom stereocenters. The number of nitrogens with one attached hydrogen (secondary N) is 3. The second kappa shape index (κ2) is 4.95. The summed E-state index contributed by atoms with van der Waals surface area (Å²) in [5.74, 6) is 0. The number of hydrogen-bond acceptors (Lipinski definition) is 2. The molecule has 4 rings (SSSR count). The maximum atomic E-state index is 12.3. The molecule has 0 saturated heterocycles. The van der Waals surface area contributed by atoms with Crippen molar-refractivity contribution in [2.45, 2.75) is 12.5 Å². The lowest BCUT2D eigenvalue weighted by Gasteiger charge is -2.19. The van der Waals surface area contributed by atoms with Gasteiger partial charge < -0.3 is 10.4 Å². The first-order valence-corrected chi connectivity index (χ1v) is 7.43. The molecule has 0 saturated carbocycles. The summed E-state index contributed by atoms with van der Waals surface area (Å²) in [6, 6.07) is 16.4. The fraction of sp³-hybridized carbons (Fsp3) is 0.118. The Kier molecular flexibility index (Phi) is 2.93. The van der Waals surface area contributed by atoms with E-state index < -0.39 is 0 Å². The smallest absolute Gasteiger partial charge is 0.269 e. The number of para-hydroxylation sites is 1. The minimum Gasteiger partial charge on any atom is -0.374 e. The largest absolute Gasteiger partial charge is 0.374 e. The van der Waals surface area contributed by atoms with Crippen LogP contribution in [0.15, 0.2) is 53.3 Å². The van der Waals surface area contributed by atoms with E-state index in [0.717, 1.165) is 28.9 Å². The topological polar surface area (TPSA) is 60.7 Å². The Morgan fingerprint density at radius 2 is 1.77 bits per heavy atom. The van der Waals surface area contributed by atoms with Crippen molar-refractivity contribution in [1.82, 2.24) is 10.2 Å². The first-order valence-electron chi connectivity index (χ1n) is 7.43. The fourth-order valence-corrected chi connectivity index (χ4v) is 3.09. The molecule has 4 nitrogen and oxygen atoms in total. The van der Waals surface area contributed by atoms with E-state index in [1.165, 1.54) is 11.0 Å². The Hall–Kier alpha value is -2.69. The van der Waals surface area contributed by atoms with E-state index in [4.69, 9.17) is 0 Å². The van der Waals surface area contributed by atoms with Crippen LogP contribution in [-0.4, -0.2) is 18.0 Å². The van der Waals surface area contributed by atoms with Crippen molar-refractivity contribution in [2.24, 2.45) is 0 Å². The maximum Gasteiger partial charge on any atom is 0.269 e. The molecule has 0 radical (unpaired) electrons. The van der Waals surface area contributed by atoms with Crippen molar-refractivity contribution in [1.29, 1.82) is 0 Å². The van der Waals surface area contributed by atoms with Gasteiger partial charge in [0.05, 0.1) is 11.6 Å². The standard InChI is InChI=1S/C17H16BN3O/c18-12-7-5-10(6-8-12)16-15-14(20-21-17(15)22)9-11-3-1-2-4-13(11)19-16/h1-8,16,19H,9,18H2,(H2,20,21,22). The van der Waals surface area contributed by atoms with Crippen LogP contribution in [0.25, 0.3) is 0 Å². The van der Waals surface area contributed by atoms with Gasteiger partial charge in [0.1, 0.15) is 7.85 Å². The number of fused-ring (bicyclic) bond motifs is 2. The van der Waals surface area contributed by atoms with E-state index in [0.29, 0.717) is 0 Å². The summed E-state index contributed by atoms with van der Waals surface area (Å²) in [5, 5.41) is 9.31. The molecule has 2 heterocycles. The van der Waals surface area contributed by atoms with Crippen LogP contribution in [0.1, 0.15) is 28.4 Å². The summed E-state index contributed by atoms with van der Waals surface area (Å²) >= 11 is 0. The summed E-state index contributed by atoms with van der Waals surface area (Å²) in [6.45, 7) is 0. The fourth-order valence-electron chi connectivity index (χ4n) is 3.09. The molecule has 3 aromatic rings. The molecule has 0 aliphatic carbocycles. The molecule has 1 aliphatic rings. The third-order valence-electron chi connectivity index (χ3n) is 4.28. The number of anilines is 1. The van der Waals surface area contributed by atoms with Gasteiger partial charge in [-0.1, -0.05) is 47.9 Å². The predicted octanol–water partition coefficient (Wildman–Crippen LogP) is 1.07. The molecule has 1 aromatic heterocycles. The van der Waals surface area contributed by atoms with Crippen molar-refractivity contribution in [3.63, 3.8) is 0 Å². The van der Waals surface area contributed by atoms with Crippen molar-refractivity contribution in [3.8, 4) is 0 Å². The van der Waals surface area contributed by atoms with Crippen LogP contribution in [0.2, 0.25) is 0 Å². The monoisotopic (exact) mass is 289 g/mol. The molecule has 0 fully saturated rings. The zero-order chi connectivity index (χ0) is 15.1. The molecular formula is C17H16BN3O. The maximum absolute atomic E-state index is 12.3. The van der Waals surface area contributed by atoms with Crippen LogP contribution in [-0.2, 0) is 6.42 Å². The third-order valence-corrected chi connectivity index (χ3v) is 4.28. The van der Waals surface area contributed by atoms with Crippen molar-refractivity contribution >= 4 is 19.0 Å². The van der Waals surface area contributed by atoms with Gasteiger partial charge >= 0.3 is 0 Å². The molecule has 1 atom stereocenters. The van der Waals surface area contributed by atoms with E-state index in [-0.39, 0.29) is 11.6 Å². The van der Waals surface area contributed by atoms with Crippen LogP contribution < -0.4 is 16.3 Å². The second-order valence-electron chi connectivity index (χ2n) is 5.79. The average molecular weight is 289 g/mol. The number of aromatic nitrogens is 2. The molecular weight excluding hydrogens is 273 g/mol. The van der Waals surface area contributed by atoms with Gasteiger partial charge in [0.2, 0.25) is 0 Å². The van der Waals surface area contributed by atoms with Gasteiger partial charge in [-0.15, -0.1) is 0 Å². The van der Waals surface area contributed by atoms with E-state index in [9.17, 15) is 4.79 Å². The molecule has 1 aliphatic heterocycles. The van der Waals surface area contributed by atoms with E-state index in [1.807, 2.05) is 12.1 Å². The molecule has 22 heavy (non-hydrogen) atoms. The van der Waals surface area contributed by atoms with Crippen molar-refractivity contribution < 1.29 is 0 Å². The van der Waals surface area contributed by atoms with Gasteiger partial charge in [-0.3, -0.25) is 9.89 Å². The number of hydrogen-bond donors (Lipinski definition) is 3. The summed E-state index contributed by atoms with van der Waals surface area (Å²) < 4.78 is 0. The average Bonchev–Trinajstić information content (AvgIpc) is 2.79. The van der Waals surface area contributed by atoms with Crippen LogP contribution in [0.5, 0.6) is 0 Å². The highest BCUT2D eigenvalue weighted by atomic mass is 16.1. The van der Waals surface area contributed by atoms with Gasteiger partial charge in [-0.2, -0.15) is 0 Å². The zero-order valence-corrected chi connectivity index (χ0v) is 12.3. The number of benzene rings is 2. The predicted molar refractivity (Wildman–Crippen MR) is 90.7 cm³/mol. The Balaban J connectivity index is 1.91. The Morgan fingerprint density at radius 1 is 1.00 bits per heavy atom. The van der Waals surface area contributed by atoms with Crippen LogP contribution >= 0.6 is 0 Å². The summed E-state index contributed by atoms with van der Waals surface area (Å²) in [5.41, 5.74) is 6.24. The van der Waals surface area contributed by atoms with Gasteiger partial charge in [0.25, 0.3) is 5.56 Å². The van der Waals surface area contributed by atoms with E-state index in [1.54, 1.807) is 0 Å². The van der Waals surface area contributed by atoms with Crippen molar-refractivity contribution in [3.05, 3.63) is 81.3 Å². The first kappa shape index (κ1) is 13.0. The summed E-state index contributed by atoms with van der Waals surface area (Å²) in [7, 11) is 2.06. The summed E-state index contributed by atoms with van der Waals surface area (Å²) in [4.78, 5) is 12.3. The van der Waals surface area contributed by atoms with Crippen LogP contribution in [0.3, 0.4) is 0 Å².